The molecule has 0 aliphatic carbocycles. The van der Waals surface area contributed by atoms with Crippen LogP contribution in [0.5, 0.6) is 5.75 Å². The summed E-state index contributed by atoms with van der Waals surface area (Å²) in [6.07, 6.45) is -2.16. The molecule has 0 fully saturated rings. The van der Waals surface area contributed by atoms with Crippen molar-refractivity contribution in [1.29, 1.82) is 0 Å². The molecule has 3 aromatic carbocycles. The Balaban J connectivity index is 2.22. The molecule has 0 N–H and O–H groups in total. The summed E-state index contributed by atoms with van der Waals surface area (Å²) >= 11 is 0. The summed E-state index contributed by atoms with van der Waals surface area (Å²) < 4.78 is 86.1. The molecule has 0 unspecified atom stereocenters. The van der Waals surface area contributed by atoms with E-state index in [9.17, 15) is 26.3 Å². The van der Waals surface area contributed by atoms with Crippen molar-refractivity contribution in [1.82, 2.24) is 0 Å². The summed E-state index contributed by atoms with van der Waals surface area (Å²) in [6.45, 7) is 0. The molecule has 0 spiro atoms. The average Bonchev–Trinajstić information content (AvgIpc) is 2.57. The van der Waals surface area contributed by atoms with Crippen molar-refractivity contribution in [3.05, 3.63) is 71.3 Å². The van der Waals surface area contributed by atoms with Crippen LogP contribution in [0.25, 0.3) is 28.0 Å². The molecule has 0 atom stereocenters. The highest BCUT2D eigenvalue weighted by Gasteiger charge is 2.17. The lowest BCUT2D eigenvalue weighted by molar-refractivity contribution is 0.407. The Kier molecular flexibility index (Phi) is 4.63. The number of benzene rings is 3. The van der Waals surface area contributed by atoms with Crippen LogP contribution >= 0.6 is 0 Å². The molecule has 1 nitrogen and oxygen atoms in total. The summed E-state index contributed by atoms with van der Waals surface area (Å²) in [7, 11) is 1.25. The predicted octanol–water partition coefficient (Wildman–Crippen LogP) is 6.31. The molecule has 0 heterocycles. The van der Waals surface area contributed by atoms with Gasteiger partial charge in [0.05, 0.1) is 18.2 Å². The van der Waals surface area contributed by atoms with Crippen LogP contribution in [0, 0.1) is 23.3 Å². The Morgan fingerprint density at radius 2 is 1.54 bits per heavy atom. The second-order valence-corrected chi connectivity index (χ2v) is 5.42. The highest BCUT2D eigenvalue weighted by molar-refractivity contribution is 5.90. The third kappa shape index (κ3) is 3.12. The molecular weight excluding hydrogens is 358 g/mol. The van der Waals surface area contributed by atoms with Crippen molar-refractivity contribution in [2.24, 2.45) is 0 Å². The molecule has 134 valence electrons. The van der Waals surface area contributed by atoms with E-state index in [4.69, 9.17) is 4.74 Å². The number of rotatable bonds is 3. The maximum atomic E-state index is 14.3. The maximum Gasteiger partial charge on any atom is 0.271 e. The topological polar surface area (TPSA) is 9.23 Å². The molecule has 0 amide bonds. The van der Waals surface area contributed by atoms with E-state index in [0.29, 0.717) is 0 Å². The minimum Gasteiger partial charge on any atom is -0.497 e. The number of fused-ring (bicyclic) bond motifs is 1. The fourth-order valence-corrected chi connectivity index (χ4v) is 2.69. The summed E-state index contributed by atoms with van der Waals surface area (Å²) in [5, 5.41) is -0.180. The van der Waals surface area contributed by atoms with Gasteiger partial charge in [-0.05, 0) is 23.1 Å². The van der Waals surface area contributed by atoms with Gasteiger partial charge < -0.3 is 4.74 Å². The summed E-state index contributed by atoms with van der Waals surface area (Å²) in [5.74, 6) is -4.25. The van der Waals surface area contributed by atoms with Crippen LogP contribution in [0.3, 0.4) is 0 Å². The predicted molar refractivity (Wildman–Crippen MR) is 86.0 cm³/mol. The molecule has 0 aromatic heterocycles. The van der Waals surface area contributed by atoms with Crippen LogP contribution in [0.15, 0.2) is 42.5 Å². The van der Waals surface area contributed by atoms with Crippen molar-refractivity contribution < 1.29 is 31.1 Å². The molecule has 0 bridgehead atoms. The second-order valence-electron chi connectivity index (χ2n) is 5.42. The van der Waals surface area contributed by atoms with Crippen LogP contribution in [0.2, 0.25) is 0 Å². The van der Waals surface area contributed by atoms with Gasteiger partial charge in [-0.3, -0.25) is 0 Å². The molecule has 7 heteroatoms. The minimum absolute atomic E-state index is 0.0219. The van der Waals surface area contributed by atoms with Crippen LogP contribution in [0.4, 0.5) is 26.3 Å². The lowest BCUT2D eigenvalue weighted by atomic mass is 9.98. The van der Waals surface area contributed by atoms with Gasteiger partial charge in [-0.1, -0.05) is 12.1 Å². The van der Waals surface area contributed by atoms with Crippen molar-refractivity contribution >= 4 is 16.8 Å². The first kappa shape index (κ1) is 17.8. The van der Waals surface area contributed by atoms with Gasteiger partial charge >= 0.3 is 0 Å². The molecule has 26 heavy (non-hydrogen) atoms. The van der Waals surface area contributed by atoms with Gasteiger partial charge in [-0.2, -0.15) is 8.78 Å². The highest BCUT2D eigenvalue weighted by Crippen LogP contribution is 2.34. The first-order valence-electron chi connectivity index (χ1n) is 7.29. The Bertz CT molecular complexity index is 1010. The van der Waals surface area contributed by atoms with E-state index in [0.717, 1.165) is 24.3 Å². The first-order valence-corrected chi connectivity index (χ1v) is 7.29. The fraction of sp³-hybridized carbons (Fsp3) is 0.0526. The molecule has 0 saturated heterocycles. The summed E-state index contributed by atoms with van der Waals surface area (Å²) in [4.78, 5) is 0. The zero-order valence-electron chi connectivity index (χ0n) is 13.2. The SMILES string of the molecule is COc1cc(F)c(-c2ccc3c(F)c(C=C(F)F)c(F)cc3c2)c(F)c1. The van der Waals surface area contributed by atoms with Crippen LogP contribution in [-0.2, 0) is 0 Å². The van der Waals surface area contributed by atoms with Crippen LogP contribution in [0.1, 0.15) is 5.56 Å². The fourth-order valence-electron chi connectivity index (χ4n) is 2.69. The Hall–Kier alpha value is -2.96. The van der Waals surface area contributed by atoms with Gasteiger partial charge in [-0.15, -0.1) is 0 Å². The summed E-state index contributed by atoms with van der Waals surface area (Å²) in [6, 6.07) is 6.32. The van der Waals surface area contributed by atoms with Gasteiger partial charge in [0, 0.05) is 23.6 Å². The third-order valence-corrected chi connectivity index (χ3v) is 3.86. The Morgan fingerprint density at radius 3 is 2.12 bits per heavy atom. The van der Waals surface area contributed by atoms with E-state index in [1.807, 2.05) is 0 Å². The lowest BCUT2D eigenvalue weighted by Crippen LogP contribution is -1.95. The van der Waals surface area contributed by atoms with Crippen LogP contribution in [-0.4, -0.2) is 7.11 Å². The van der Waals surface area contributed by atoms with Crippen molar-refractivity contribution in [2.75, 3.05) is 7.11 Å². The summed E-state index contributed by atoms with van der Waals surface area (Å²) in [5.41, 5.74) is -1.24. The second kappa shape index (κ2) is 6.74. The average molecular weight is 368 g/mol. The normalized spacial score (nSPS) is 10.9. The molecule has 0 saturated carbocycles. The third-order valence-electron chi connectivity index (χ3n) is 3.86. The highest BCUT2D eigenvalue weighted by atomic mass is 19.3. The van der Waals surface area contributed by atoms with E-state index in [2.05, 4.69) is 0 Å². The van der Waals surface area contributed by atoms with Crippen LogP contribution < -0.4 is 4.74 Å². The molecular formula is C19H10F6O. The Labute approximate surface area is 144 Å². The van der Waals surface area contributed by atoms with E-state index in [-0.39, 0.29) is 28.2 Å². The van der Waals surface area contributed by atoms with E-state index in [1.54, 1.807) is 0 Å². The molecule has 0 radical (unpaired) electrons. The van der Waals surface area contributed by atoms with Gasteiger partial charge in [0.15, 0.2) is 0 Å². The van der Waals surface area contributed by atoms with E-state index in [1.165, 1.54) is 19.2 Å². The van der Waals surface area contributed by atoms with Crippen molar-refractivity contribution in [3.63, 3.8) is 0 Å². The van der Waals surface area contributed by atoms with Gasteiger partial charge in [0.25, 0.3) is 6.08 Å². The largest absolute Gasteiger partial charge is 0.497 e. The number of ether oxygens (including phenoxy) is 1. The number of halogens is 6. The van der Waals surface area contributed by atoms with E-state index >= 15 is 0 Å². The standard InChI is InChI=1S/C19H10F6O/c1-26-11-6-15(21)18(16(22)7-11)9-2-3-12-10(4-9)5-14(20)13(19(12)25)8-17(23)24/h2-8H,1H3. The Morgan fingerprint density at radius 1 is 0.885 bits per heavy atom. The monoisotopic (exact) mass is 368 g/mol. The van der Waals surface area contributed by atoms with E-state index < -0.39 is 40.5 Å². The molecule has 3 aromatic rings. The van der Waals surface area contributed by atoms with Gasteiger partial charge in [-0.25, -0.2) is 17.6 Å². The molecule has 0 aliphatic heterocycles. The zero-order chi connectivity index (χ0) is 19.0. The lowest BCUT2D eigenvalue weighted by Gasteiger charge is -2.10. The minimum atomic E-state index is -2.25. The van der Waals surface area contributed by atoms with Gasteiger partial charge in [0.1, 0.15) is 29.0 Å². The molecule has 3 rings (SSSR count). The number of methoxy groups -OCH3 is 1. The molecule has 0 aliphatic rings. The number of hydrogen-bond donors (Lipinski definition) is 0. The van der Waals surface area contributed by atoms with Gasteiger partial charge in [0.2, 0.25) is 0 Å². The van der Waals surface area contributed by atoms with Crippen molar-refractivity contribution in [2.45, 2.75) is 0 Å². The quantitative estimate of drug-likeness (QED) is 0.492. The number of hydrogen-bond acceptors (Lipinski definition) is 1. The van der Waals surface area contributed by atoms with Crippen molar-refractivity contribution in [3.8, 4) is 16.9 Å². The maximum absolute atomic E-state index is 14.3. The first-order chi connectivity index (χ1) is 12.3. The smallest absolute Gasteiger partial charge is 0.271 e. The zero-order valence-corrected chi connectivity index (χ0v) is 13.2.